The molecule has 1 aliphatic rings. The van der Waals surface area contributed by atoms with Gasteiger partial charge in [-0.15, -0.1) is 0 Å². The molecule has 2 heterocycles. The van der Waals surface area contributed by atoms with Crippen molar-refractivity contribution in [3.05, 3.63) is 65.0 Å². The first-order valence-electron chi connectivity index (χ1n) is 13.5. The Balaban J connectivity index is 1.41. The van der Waals surface area contributed by atoms with Gasteiger partial charge >= 0.3 is 11.9 Å². The molecule has 1 unspecified atom stereocenters. The zero-order chi connectivity index (χ0) is 28.6. The van der Waals surface area contributed by atoms with Crippen molar-refractivity contribution in [3.63, 3.8) is 0 Å². The van der Waals surface area contributed by atoms with E-state index in [0.717, 1.165) is 49.0 Å². The fraction of sp³-hybridized carbons (Fsp3) is 0.433. The summed E-state index contributed by atoms with van der Waals surface area (Å²) in [6, 6.07) is 12.3. The van der Waals surface area contributed by atoms with Crippen molar-refractivity contribution < 1.29 is 33.3 Å². The summed E-state index contributed by atoms with van der Waals surface area (Å²) < 4.78 is 22.6. The van der Waals surface area contributed by atoms with Gasteiger partial charge in [0.15, 0.2) is 0 Å². The Morgan fingerprint density at radius 1 is 1.10 bits per heavy atom. The van der Waals surface area contributed by atoms with Crippen molar-refractivity contribution in [3.8, 4) is 17.2 Å². The van der Waals surface area contributed by atoms with Gasteiger partial charge in [0, 0.05) is 37.2 Å². The van der Waals surface area contributed by atoms with Crippen molar-refractivity contribution in [1.29, 1.82) is 0 Å². The lowest BCUT2D eigenvalue weighted by molar-refractivity contribution is -0.149. The number of benzene rings is 2. The Bertz CT molecular complexity index is 1300. The van der Waals surface area contributed by atoms with Crippen LogP contribution in [-0.4, -0.2) is 61.0 Å². The number of aryl methyl sites for hydroxylation is 2. The van der Waals surface area contributed by atoms with Gasteiger partial charge in [-0.3, -0.25) is 4.79 Å². The molecule has 10 nitrogen and oxygen atoms in total. The number of hydrogen-bond donors (Lipinski definition) is 2. The molecule has 4 rings (SSSR count). The maximum atomic E-state index is 12.5. The standard InChI is InChI=1S/C30H37N3O7/c1-19(2)39-30(36)28(31)25-18-24(10-6-21(25)7-11-27(34)35)38-15-12-26-20(3)40-29(32-26)22-4-8-23(9-5-22)33-13-16-37-17-14-33/h4-6,8-10,18-19,28H,7,11-17,31H2,1-3H3,(H,34,35). The van der Waals surface area contributed by atoms with Crippen molar-refractivity contribution in [2.45, 2.75) is 52.2 Å². The fourth-order valence-electron chi connectivity index (χ4n) is 4.54. The lowest BCUT2D eigenvalue weighted by Crippen LogP contribution is -2.36. The van der Waals surface area contributed by atoms with E-state index in [4.69, 9.17) is 29.5 Å². The number of ether oxygens (including phenoxy) is 3. The monoisotopic (exact) mass is 551 g/mol. The number of nitrogens with zero attached hydrogens (tertiary/aromatic N) is 2. The van der Waals surface area contributed by atoms with E-state index in [1.54, 1.807) is 32.0 Å². The number of aliphatic carboxylic acids is 1. The quantitative estimate of drug-likeness (QED) is 0.317. The number of oxazole rings is 1. The highest BCUT2D eigenvalue weighted by molar-refractivity contribution is 5.78. The molecule has 214 valence electrons. The van der Waals surface area contributed by atoms with Crippen molar-refractivity contribution >= 4 is 17.6 Å². The second kappa shape index (κ2) is 13.5. The Morgan fingerprint density at radius 3 is 2.50 bits per heavy atom. The number of carboxylic acids is 1. The summed E-state index contributed by atoms with van der Waals surface area (Å²) in [5.41, 5.74) is 10.2. The number of carbonyl (C=O) groups excluding carboxylic acids is 1. The van der Waals surface area contributed by atoms with Crippen LogP contribution in [0, 0.1) is 6.92 Å². The molecule has 1 atom stereocenters. The number of anilines is 1. The van der Waals surface area contributed by atoms with Crippen LogP contribution >= 0.6 is 0 Å². The molecule has 10 heteroatoms. The molecule has 0 spiro atoms. The highest BCUT2D eigenvalue weighted by atomic mass is 16.5. The van der Waals surface area contributed by atoms with Crippen LogP contribution in [0.5, 0.6) is 5.75 Å². The van der Waals surface area contributed by atoms with Crippen LogP contribution in [0.4, 0.5) is 5.69 Å². The molecule has 0 amide bonds. The first-order chi connectivity index (χ1) is 19.2. The number of rotatable bonds is 12. The molecule has 3 aromatic rings. The maximum Gasteiger partial charge on any atom is 0.327 e. The lowest BCUT2D eigenvalue weighted by atomic mass is 9.97. The van der Waals surface area contributed by atoms with E-state index in [-0.39, 0.29) is 18.9 Å². The second-order valence-corrected chi connectivity index (χ2v) is 9.98. The maximum absolute atomic E-state index is 12.5. The molecular formula is C30H37N3O7. The number of carbonyl (C=O) groups is 2. The number of aromatic nitrogens is 1. The number of hydrogen-bond acceptors (Lipinski definition) is 9. The summed E-state index contributed by atoms with van der Waals surface area (Å²) in [6.07, 6.45) is 0.350. The molecule has 1 fully saturated rings. The van der Waals surface area contributed by atoms with E-state index >= 15 is 0 Å². The molecular weight excluding hydrogens is 514 g/mol. The van der Waals surface area contributed by atoms with E-state index in [1.165, 1.54) is 0 Å². The molecule has 0 bridgehead atoms. The first-order valence-corrected chi connectivity index (χ1v) is 13.5. The zero-order valence-electron chi connectivity index (χ0n) is 23.2. The third kappa shape index (κ3) is 7.61. The van der Waals surface area contributed by atoms with Crippen molar-refractivity contribution in [2.24, 2.45) is 5.73 Å². The minimum Gasteiger partial charge on any atom is -0.493 e. The van der Waals surface area contributed by atoms with Crippen LogP contribution < -0.4 is 15.4 Å². The Labute approximate surface area is 234 Å². The van der Waals surface area contributed by atoms with Crippen LogP contribution in [0.3, 0.4) is 0 Å². The summed E-state index contributed by atoms with van der Waals surface area (Å²) in [7, 11) is 0. The summed E-state index contributed by atoms with van der Waals surface area (Å²) in [5.74, 6) is 0.286. The van der Waals surface area contributed by atoms with E-state index in [2.05, 4.69) is 22.0 Å². The molecule has 1 aliphatic heterocycles. The van der Waals surface area contributed by atoms with E-state index in [1.807, 2.05) is 19.1 Å². The average Bonchev–Trinajstić information content (AvgIpc) is 3.32. The second-order valence-electron chi connectivity index (χ2n) is 9.98. The smallest absolute Gasteiger partial charge is 0.327 e. The van der Waals surface area contributed by atoms with E-state index < -0.39 is 18.0 Å². The number of morpholine rings is 1. The Hall–Kier alpha value is -3.89. The molecule has 40 heavy (non-hydrogen) atoms. The lowest BCUT2D eigenvalue weighted by Gasteiger charge is -2.28. The zero-order valence-corrected chi connectivity index (χ0v) is 23.2. The summed E-state index contributed by atoms with van der Waals surface area (Å²) in [6.45, 7) is 8.91. The van der Waals surface area contributed by atoms with Crippen LogP contribution in [0.2, 0.25) is 0 Å². The van der Waals surface area contributed by atoms with Crippen LogP contribution in [0.25, 0.3) is 11.5 Å². The predicted octanol–water partition coefficient (Wildman–Crippen LogP) is 4.08. The molecule has 3 N–H and O–H groups in total. The minimum absolute atomic E-state index is 0.0805. The normalized spacial score (nSPS) is 14.3. The molecule has 1 saturated heterocycles. The summed E-state index contributed by atoms with van der Waals surface area (Å²) in [4.78, 5) is 30.6. The van der Waals surface area contributed by atoms with Gasteiger partial charge < -0.3 is 34.4 Å². The van der Waals surface area contributed by atoms with Crippen molar-refractivity contribution in [2.75, 3.05) is 37.8 Å². The summed E-state index contributed by atoms with van der Waals surface area (Å²) >= 11 is 0. The highest BCUT2D eigenvalue weighted by Gasteiger charge is 2.23. The molecule has 2 aromatic carbocycles. The van der Waals surface area contributed by atoms with E-state index in [0.29, 0.717) is 35.8 Å². The van der Waals surface area contributed by atoms with Gasteiger partial charge in [-0.1, -0.05) is 6.07 Å². The van der Waals surface area contributed by atoms with Crippen LogP contribution in [-0.2, 0) is 31.9 Å². The third-order valence-electron chi connectivity index (χ3n) is 6.66. The summed E-state index contributed by atoms with van der Waals surface area (Å²) in [5, 5.41) is 9.11. The van der Waals surface area contributed by atoms with Gasteiger partial charge in [-0.05, 0) is 74.7 Å². The molecule has 0 radical (unpaired) electrons. The van der Waals surface area contributed by atoms with Gasteiger partial charge in [0.1, 0.15) is 17.6 Å². The van der Waals surface area contributed by atoms with Crippen LogP contribution in [0.15, 0.2) is 46.9 Å². The number of esters is 1. The van der Waals surface area contributed by atoms with Crippen LogP contribution in [0.1, 0.15) is 48.9 Å². The largest absolute Gasteiger partial charge is 0.493 e. The predicted molar refractivity (Wildman–Crippen MR) is 149 cm³/mol. The number of carboxylic acid groups (broad SMARTS) is 1. The minimum atomic E-state index is -1.05. The van der Waals surface area contributed by atoms with Crippen molar-refractivity contribution in [1.82, 2.24) is 4.98 Å². The Morgan fingerprint density at radius 2 is 1.82 bits per heavy atom. The topological polar surface area (TPSA) is 137 Å². The van der Waals surface area contributed by atoms with Gasteiger partial charge in [0.25, 0.3) is 0 Å². The van der Waals surface area contributed by atoms with Gasteiger partial charge in [-0.2, -0.15) is 0 Å². The fourth-order valence-corrected chi connectivity index (χ4v) is 4.54. The third-order valence-corrected chi connectivity index (χ3v) is 6.66. The SMILES string of the molecule is Cc1oc(-c2ccc(N3CCOCC3)cc2)nc1CCOc1ccc(CCC(=O)O)c(C(N)C(=O)OC(C)C)c1. The average molecular weight is 552 g/mol. The Kier molecular flexibility index (Phi) is 9.79. The van der Waals surface area contributed by atoms with Gasteiger partial charge in [0.05, 0.1) is 31.6 Å². The van der Waals surface area contributed by atoms with E-state index in [9.17, 15) is 9.59 Å². The van der Waals surface area contributed by atoms with Gasteiger partial charge in [0.2, 0.25) is 5.89 Å². The molecule has 0 saturated carbocycles. The molecule has 1 aromatic heterocycles. The first kappa shape index (κ1) is 29.1. The number of nitrogens with two attached hydrogens (primary N) is 1. The molecule has 0 aliphatic carbocycles. The van der Waals surface area contributed by atoms with Gasteiger partial charge in [-0.25, -0.2) is 9.78 Å². The highest BCUT2D eigenvalue weighted by Crippen LogP contribution is 2.27.